The number of aromatic nitrogens is 2. The topological polar surface area (TPSA) is 35.0 Å². The van der Waals surface area contributed by atoms with Crippen LogP contribution in [0, 0.1) is 17.5 Å². The van der Waals surface area contributed by atoms with Gasteiger partial charge in [-0.25, -0.2) is 23.1 Å². The second kappa shape index (κ2) is 11.3. The average Bonchev–Trinajstić information content (AvgIpc) is 2.85. The molecule has 0 atom stereocenters. The van der Waals surface area contributed by atoms with E-state index in [4.69, 9.17) is 4.74 Å². The summed E-state index contributed by atoms with van der Waals surface area (Å²) in [6.45, 7) is 0.601. The van der Waals surface area contributed by atoms with E-state index in [9.17, 15) is 22.0 Å². The van der Waals surface area contributed by atoms with Gasteiger partial charge >= 0.3 is 6.18 Å². The van der Waals surface area contributed by atoms with Crippen LogP contribution >= 0.6 is 0 Å². The Kier molecular flexibility index (Phi) is 8.12. The smallest absolute Gasteiger partial charge is 0.384 e. The number of rotatable bonds is 9. The summed E-state index contributed by atoms with van der Waals surface area (Å²) < 4.78 is 86.2. The molecule has 9 heteroatoms. The molecule has 4 aromatic rings. The molecule has 1 aromatic heterocycles. The predicted molar refractivity (Wildman–Crippen MR) is 128 cm³/mol. The molecule has 0 bridgehead atoms. The number of benzene rings is 3. The molecule has 0 N–H and O–H groups in total. The van der Waals surface area contributed by atoms with Crippen molar-refractivity contribution in [3.8, 4) is 0 Å². The zero-order valence-corrected chi connectivity index (χ0v) is 20.0. The lowest BCUT2D eigenvalue weighted by molar-refractivity contribution is -0.142. The van der Waals surface area contributed by atoms with Gasteiger partial charge in [-0.05, 0) is 65.5 Å². The van der Waals surface area contributed by atoms with E-state index in [-0.39, 0.29) is 18.4 Å². The summed E-state index contributed by atoms with van der Waals surface area (Å²) in [5.74, 6) is -3.12. The van der Waals surface area contributed by atoms with E-state index in [2.05, 4.69) is 9.97 Å². The molecule has 3 nitrogen and oxygen atoms in total. The Labute approximate surface area is 210 Å². The first-order chi connectivity index (χ1) is 17.7. The maximum atomic E-state index is 15.1. The molecule has 0 saturated carbocycles. The molecule has 37 heavy (non-hydrogen) atoms. The molecule has 0 radical (unpaired) electrons. The number of hydrogen-bond donors (Lipinski definition) is 0. The van der Waals surface area contributed by atoms with Crippen molar-refractivity contribution in [2.45, 2.75) is 38.3 Å². The van der Waals surface area contributed by atoms with Crippen LogP contribution in [0.25, 0.3) is 10.8 Å². The van der Waals surface area contributed by atoms with Gasteiger partial charge < -0.3 is 4.74 Å². The molecule has 0 aliphatic carbocycles. The van der Waals surface area contributed by atoms with Crippen molar-refractivity contribution in [3.05, 3.63) is 106 Å². The number of methoxy groups -OCH3 is 1. The molecule has 0 spiro atoms. The number of alkyl halides is 3. The lowest BCUT2D eigenvalue weighted by Crippen LogP contribution is -2.12. The lowest BCUT2D eigenvalue weighted by Gasteiger charge is -2.12. The fraction of sp³-hybridized carbons (Fsp3) is 0.286. The number of fused-ring (bicyclic) bond motifs is 1. The van der Waals surface area contributed by atoms with Gasteiger partial charge in [0.05, 0.1) is 6.61 Å². The Morgan fingerprint density at radius 3 is 2.05 bits per heavy atom. The summed E-state index contributed by atoms with van der Waals surface area (Å²) >= 11 is 0. The monoisotopic (exact) mass is 518 g/mol. The Bertz CT molecular complexity index is 1360. The van der Waals surface area contributed by atoms with E-state index in [1.54, 1.807) is 37.7 Å². The second-order valence-electron chi connectivity index (χ2n) is 8.78. The van der Waals surface area contributed by atoms with E-state index in [0.29, 0.717) is 53.7 Å². The van der Waals surface area contributed by atoms with Crippen molar-refractivity contribution in [2.75, 3.05) is 13.7 Å². The van der Waals surface area contributed by atoms with Crippen molar-refractivity contribution in [1.82, 2.24) is 9.97 Å². The minimum Gasteiger partial charge on any atom is -0.384 e. The summed E-state index contributed by atoms with van der Waals surface area (Å²) in [5, 5.41) is 1.09. The molecule has 1 heterocycles. The van der Waals surface area contributed by atoms with Gasteiger partial charge in [-0.2, -0.15) is 13.2 Å². The van der Waals surface area contributed by atoms with Gasteiger partial charge in [0.2, 0.25) is 0 Å². The highest BCUT2D eigenvalue weighted by atomic mass is 19.4. The highest BCUT2D eigenvalue weighted by Crippen LogP contribution is 2.34. The SMILES string of the molecule is COCCc1cnc(CCc2ccc3c(F)c(CCc4cc(F)c(C(F)(F)F)c(F)c4)ccc3c2)nc1. The maximum absolute atomic E-state index is 15.1. The Balaban J connectivity index is 1.42. The van der Waals surface area contributed by atoms with Gasteiger partial charge in [-0.1, -0.05) is 30.3 Å². The van der Waals surface area contributed by atoms with Gasteiger partial charge in [0.25, 0.3) is 0 Å². The highest BCUT2D eigenvalue weighted by molar-refractivity contribution is 5.84. The number of halogens is 6. The van der Waals surface area contributed by atoms with Gasteiger partial charge in [0, 0.05) is 31.3 Å². The van der Waals surface area contributed by atoms with E-state index < -0.39 is 29.2 Å². The number of nitrogens with zero attached hydrogens (tertiary/aromatic N) is 2. The molecule has 3 aromatic carbocycles. The van der Waals surface area contributed by atoms with Crippen LogP contribution in [0.5, 0.6) is 0 Å². The van der Waals surface area contributed by atoms with Crippen LogP contribution in [0.2, 0.25) is 0 Å². The van der Waals surface area contributed by atoms with Crippen molar-refractivity contribution in [2.24, 2.45) is 0 Å². The summed E-state index contributed by atoms with van der Waals surface area (Å²) in [6.07, 6.45) is 0.532. The van der Waals surface area contributed by atoms with Crippen LogP contribution < -0.4 is 0 Å². The fourth-order valence-corrected chi connectivity index (χ4v) is 4.17. The van der Waals surface area contributed by atoms with Crippen molar-refractivity contribution in [1.29, 1.82) is 0 Å². The van der Waals surface area contributed by atoms with Crippen molar-refractivity contribution in [3.63, 3.8) is 0 Å². The Morgan fingerprint density at radius 2 is 1.41 bits per heavy atom. The third-order valence-corrected chi connectivity index (χ3v) is 6.16. The molecular formula is C28H24F6N2O. The number of ether oxygens (including phenoxy) is 1. The summed E-state index contributed by atoms with van der Waals surface area (Å²) in [7, 11) is 1.64. The predicted octanol–water partition coefficient (Wildman–Crippen LogP) is 6.83. The molecular weight excluding hydrogens is 494 g/mol. The first-order valence-corrected chi connectivity index (χ1v) is 11.7. The third kappa shape index (κ3) is 6.46. The van der Waals surface area contributed by atoms with Crippen LogP contribution in [0.15, 0.2) is 54.9 Å². The summed E-state index contributed by atoms with van der Waals surface area (Å²) in [5.41, 5.74) is 0.392. The van der Waals surface area contributed by atoms with E-state index in [0.717, 1.165) is 17.5 Å². The van der Waals surface area contributed by atoms with E-state index in [1.807, 2.05) is 12.1 Å². The van der Waals surface area contributed by atoms with Gasteiger partial charge in [0.1, 0.15) is 28.8 Å². The quantitative estimate of drug-likeness (QED) is 0.228. The zero-order valence-electron chi connectivity index (χ0n) is 20.0. The molecule has 0 aliphatic rings. The lowest BCUT2D eigenvalue weighted by atomic mass is 9.97. The molecule has 4 rings (SSSR count). The van der Waals surface area contributed by atoms with Gasteiger partial charge in [0.15, 0.2) is 0 Å². The largest absolute Gasteiger partial charge is 0.422 e. The van der Waals surface area contributed by atoms with Crippen molar-refractivity contribution < 1.29 is 31.1 Å². The molecule has 0 unspecified atom stereocenters. The normalized spacial score (nSPS) is 11.9. The maximum Gasteiger partial charge on any atom is 0.422 e. The highest BCUT2D eigenvalue weighted by Gasteiger charge is 2.37. The summed E-state index contributed by atoms with van der Waals surface area (Å²) in [4.78, 5) is 8.76. The molecule has 0 saturated heterocycles. The molecule has 0 fully saturated rings. The molecule has 0 aliphatic heterocycles. The molecule has 194 valence electrons. The van der Waals surface area contributed by atoms with Gasteiger partial charge in [-0.3, -0.25) is 0 Å². The minimum atomic E-state index is -5.13. The van der Waals surface area contributed by atoms with Crippen LogP contribution in [-0.2, 0) is 43.0 Å². The molecule has 0 amide bonds. The Hall–Kier alpha value is -3.46. The van der Waals surface area contributed by atoms with Crippen LogP contribution in [0.1, 0.15) is 33.6 Å². The van der Waals surface area contributed by atoms with Crippen molar-refractivity contribution >= 4 is 10.8 Å². The van der Waals surface area contributed by atoms with Crippen LogP contribution in [-0.4, -0.2) is 23.7 Å². The fourth-order valence-electron chi connectivity index (χ4n) is 4.17. The minimum absolute atomic E-state index is 0.0171. The van der Waals surface area contributed by atoms with Crippen LogP contribution in [0.4, 0.5) is 26.3 Å². The Morgan fingerprint density at radius 1 is 0.730 bits per heavy atom. The summed E-state index contributed by atoms with van der Waals surface area (Å²) in [6, 6.07) is 10.0. The van der Waals surface area contributed by atoms with E-state index in [1.165, 1.54) is 0 Å². The third-order valence-electron chi connectivity index (χ3n) is 6.16. The first-order valence-electron chi connectivity index (χ1n) is 11.7. The number of aryl methyl sites for hydroxylation is 4. The standard InChI is InChI=1S/C28H24F6N2O/c1-37-11-10-19-15-35-25(36-16-19)9-4-17-3-8-22-21(12-17)7-6-20(27(22)31)5-2-18-13-23(29)26(24(30)14-18)28(32,33)34/h3,6-8,12-16H,2,4-5,9-11H2,1H3. The first kappa shape index (κ1) is 26.6. The van der Waals surface area contributed by atoms with E-state index >= 15 is 4.39 Å². The zero-order chi connectivity index (χ0) is 26.6. The average molecular weight is 519 g/mol. The van der Waals surface area contributed by atoms with Gasteiger partial charge in [-0.15, -0.1) is 0 Å². The van der Waals surface area contributed by atoms with Crippen LogP contribution in [0.3, 0.4) is 0 Å². The second-order valence-corrected chi connectivity index (χ2v) is 8.78. The number of hydrogen-bond acceptors (Lipinski definition) is 3.